The Kier molecular flexibility index (Phi) is 7.33. The molecule has 3 aromatic carbocycles. The number of thioether (sulfide) groups is 1. The number of aryl methyl sites for hydroxylation is 3. The Hall–Kier alpha value is -3.58. The van der Waals surface area contributed by atoms with Gasteiger partial charge in [-0.2, -0.15) is 0 Å². The van der Waals surface area contributed by atoms with E-state index in [1.165, 1.54) is 22.9 Å². The number of carbonyl (C=O) groups is 1. The number of amides is 1. The molecule has 1 heterocycles. The Balaban J connectivity index is 1.52. The van der Waals surface area contributed by atoms with Gasteiger partial charge in [0.1, 0.15) is 0 Å². The Labute approximate surface area is 204 Å². The lowest BCUT2D eigenvalue weighted by atomic mass is 10.1. The minimum Gasteiger partial charge on any atom is -0.378 e. The first-order valence-corrected chi connectivity index (χ1v) is 12.1. The molecule has 0 saturated heterocycles. The molecule has 0 aliphatic rings. The maximum absolute atomic E-state index is 12.9. The molecule has 0 aliphatic carbocycles. The summed E-state index contributed by atoms with van der Waals surface area (Å²) in [6.07, 6.45) is 0. The highest BCUT2D eigenvalue weighted by atomic mass is 32.2. The molecular weight excluding hydrogens is 442 g/mol. The van der Waals surface area contributed by atoms with E-state index in [0.717, 1.165) is 28.5 Å². The highest BCUT2D eigenvalue weighted by molar-refractivity contribution is 8.00. The van der Waals surface area contributed by atoms with Gasteiger partial charge >= 0.3 is 0 Å². The van der Waals surface area contributed by atoms with E-state index in [2.05, 4.69) is 46.8 Å². The highest BCUT2D eigenvalue weighted by Crippen LogP contribution is 2.27. The Bertz CT molecular complexity index is 1270. The van der Waals surface area contributed by atoms with Gasteiger partial charge < -0.3 is 10.6 Å². The summed E-state index contributed by atoms with van der Waals surface area (Å²) in [7, 11) is 0. The molecular formula is C27H29N5OS. The second kappa shape index (κ2) is 10.6. The third-order valence-electron chi connectivity index (χ3n) is 5.64. The highest BCUT2D eigenvalue weighted by Gasteiger charge is 2.21. The lowest BCUT2D eigenvalue weighted by Gasteiger charge is -2.15. The summed E-state index contributed by atoms with van der Waals surface area (Å²) >= 11 is 1.39. The fraction of sp³-hybridized carbons (Fsp3) is 0.222. The Morgan fingerprint density at radius 2 is 1.62 bits per heavy atom. The first kappa shape index (κ1) is 23.6. The predicted octanol–water partition coefficient (Wildman–Crippen LogP) is 5.92. The quantitative estimate of drug-likeness (QED) is 0.312. The lowest BCUT2D eigenvalue weighted by molar-refractivity contribution is -0.115. The maximum atomic E-state index is 12.9. The van der Waals surface area contributed by atoms with Gasteiger partial charge in [-0.15, -0.1) is 10.2 Å². The van der Waals surface area contributed by atoms with Gasteiger partial charge in [0.15, 0.2) is 11.0 Å². The largest absolute Gasteiger partial charge is 0.378 e. The average Bonchev–Trinajstić information content (AvgIpc) is 3.23. The molecule has 0 spiro atoms. The number of anilines is 2. The summed E-state index contributed by atoms with van der Waals surface area (Å²) in [5.41, 5.74) is 6.33. The number of nitrogens with zero attached hydrogens (tertiary/aromatic N) is 3. The van der Waals surface area contributed by atoms with E-state index < -0.39 is 0 Å². The molecule has 6 nitrogen and oxygen atoms in total. The summed E-state index contributed by atoms with van der Waals surface area (Å²) in [6.45, 7) is 8.55. The van der Waals surface area contributed by atoms with Gasteiger partial charge in [-0.1, -0.05) is 53.7 Å². The van der Waals surface area contributed by atoms with Crippen LogP contribution in [0.3, 0.4) is 0 Å². The van der Waals surface area contributed by atoms with Gasteiger partial charge in [0.05, 0.1) is 11.8 Å². The Morgan fingerprint density at radius 3 is 2.32 bits per heavy atom. The van der Waals surface area contributed by atoms with Gasteiger partial charge in [0.25, 0.3) is 0 Å². The van der Waals surface area contributed by atoms with Gasteiger partial charge in [-0.3, -0.25) is 9.36 Å². The summed E-state index contributed by atoms with van der Waals surface area (Å²) in [4.78, 5) is 12.9. The van der Waals surface area contributed by atoms with Crippen LogP contribution < -0.4 is 10.6 Å². The number of nitrogens with one attached hydrogen (secondary N) is 2. The van der Waals surface area contributed by atoms with Crippen LogP contribution >= 0.6 is 11.8 Å². The number of aromatic nitrogens is 3. The molecule has 34 heavy (non-hydrogen) atoms. The van der Waals surface area contributed by atoms with E-state index in [-0.39, 0.29) is 11.2 Å². The zero-order valence-electron chi connectivity index (χ0n) is 19.9. The number of carbonyl (C=O) groups excluding carboxylic acids is 1. The minimum atomic E-state index is -0.355. The van der Waals surface area contributed by atoms with Crippen LogP contribution in [-0.2, 0) is 11.3 Å². The number of hydrogen-bond acceptors (Lipinski definition) is 5. The monoisotopic (exact) mass is 471 g/mol. The maximum Gasteiger partial charge on any atom is 0.237 e. The normalized spacial score (nSPS) is 11.8. The molecule has 1 atom stereocenters. The molecule has 1 aromatic heterocycles. The van der Waals surface area contributed by atoms with E-state index in [1.54, 1.807) is 0 Å². The Morgan fingerprint density at radius 1 is 0.912 bits per heavy atom. The van der Waals surface area contributed by atoms with E-state index in [9.17, 15) is 4.79 Å². The van der Waals surface area contributed by atoms with Gasteiger partial charge in [-0.05, 0) is 75.2 Å². The van der Waals surface area contributed by atoms with Crippen LogP contribution in [0.15, 0.2) is 78.0 Å². The van der Waals surface area contributed by atoms with Crippen molar-refractivity contribution in [3.63, 3.8) is 0 Å². The average molecular weight is 472 g/mol. The molecule has 4 rings (SSSR count). The second-order valence-electron chi connectivity index (χ2n) is 8.34. The van der Waals surface area contributed by atoms with Crippen molar-refractivity contribution in [3.05, 3.63) is 95.3 Å². The van der Waals surface area contributed by atoms with Crippen molar-refractivity contribution in [3.8, 4) is 5.69 Å². The number of rotatable bonds is 8. The number of para-hydroxylation sites is 1. The second-order valence-corrected chi connectivity index (χ2v) is 9.65. The number of hydrogen-bond donors (Lipinski definition) is 2. The molecule has 0 aliphatic heterocycles. The van der Waals surface area contributed by atoms with Crippen molar-refractivity contribution in [1.82, 2.24) is 14.8 Å². The summed E-state index contributed by atoms with van der Waals surface area (Å²) in [5, 5.41) is 15.6. The smallest absolute Gasteiger partial charge is 0.237 e. The van der Waals surface area contributed by atoms with Gasteiger partial charge in [0, 0.05) is 17.1 Å². The van der Waals surface area contributed by atoms with Crippen LogP contribution in [0.4, 0.5) is 11.4 Å². The van der Waals surface area contributed by atoms with Crippen molar-refractivity contribution in [2.45, 2.75) is 44.6 Å². The minimum absolute atomic E-state index is 0.0739. The van der Waals surface area contributed by atoms with Crippen molar-refractivity contribution in [2.24, 2.45) is 0 Å². The summed E-state index contributed by atoms with van der Waals surface area (Å²) in [6, 6.07) is 24.2. The van der Waals surface area contributed by atoms with Crippen LogP contribution in [0.2, 0.25) is 0 Å². The van der Waals surface area contributed by atoms with Crippen LogP contribution in [0.1, 0.15) is 29.4 Å². The topological polar surface area (TPSA) is 71.8 Å². The van der Waals surface area contributed by atoms with E-state index in [4.69, 9.17) is 0 Å². The third-order valence-corrected chi connectivity index (χ3v) is 6.69. The first-order valence-electron chi connectivity index (χ1n) is 11.3. The van der Waals surface area contributed by atoms with Crippen molar-refractivity contribution in [2.75, 3.05) is 10.6 Å². The fourth-order valence-corrected chi connectivity index (χ4v) is 4.34. The molecule has 7 heteroatoms. The van der Waals surface area contributed by atoms with E-state index in [1.807, 2.05) is 79.1 Å². The number of benzene rings is 3. The lowest BCUT2D eigenvalue weighted by Crippen LogP contribution is -2.23. The van der Waals surface area contributed by atoms with Crippen LogP contribution in [-0.4, -0.2) is 25.9 Å². The molecule has 174 valence electrons. The van der Waals surface area contributed by atoms with E-state index in [0.29, 0.717) is 11.7 Å². The van der Waals surface area contributed by atoms with E-state index >= 15 is 0 Å². The summed E-state index contributed by atoms with van der Waals surface area (Å²) in [5.74, 6) is 0.700. The van der Waals surface area contributed by atoms with Crippen molar-refractivity contribution >= 4 is 29.0 Å². The zero-order chi connectivity index (χ0) is 24.1. The molecule has 0 radical (unpaired) electrons. The first-order chi connectivity index (χ1) is 16.4. The molecule has 4 aromatic rings. The molecule has 0 saturated carbocycles. The van der Waals surface area contributed by atoms with Crippen LogP contribution in [0.25, 0.3) is 5.69 Å². The predicted molar refractivity (Wildman–Crippen MR) is 140 cm³/mol. The standard InChI is InChI=1S/C27H29N5OS/c1-18-10-13-22(14-11-18)28-17-25-30-31-27(32(25)24-8-6-5-7-9-24)34-21(4)26(33)29-23-15-12-19(2)20(3)16-23/h5-16,21,28H,17H2,1-4H3,(H,29,33). The third kappa shape index (κ3) is 5.66. The molecule has 2 N–H and O–H groups in total. The van der Waals surface area contributed by atoms with Crippen LogP contribution in [0, 0.1) is 20.8 Å². The van der Waals surface area contributed by atoms with Gasteiger partial charge in [-0.25, -0.2) is 0 Å². The SMILES string of the molecule is Cc1ccc(NCc2nnc(SC(C)C(=O)Nc3ccc(C)c(C)c3)n2-c2ccccc2)cc1. The van der Waals surface area contributed by atoms with Crippen molar-refractivity contribution < 1.29 is 4.79 Å². The molecule has 1 unspecified atom stereocenters. The zero-order valence-corrected chi connectivity index (χ0v) is 20.7. The fourth-order valence-electron chi connectivity index (χ4n) is 3.45. The molecule has 0 fully saturated rings. The van der Waals surface area contributed by atoms with Gasteiger partial charge in [0.2, 0.25) is 5.91 Å². The molecule has 1 amide bonds. The van der Waals surface area contributed by atoms with Crippen LogP contribution in [0.5, 0.6) is 0 Å². The summed E-state index contributed by atoms with van der Waals surface area (Å²) < 4.78 is 2.01. The molecule has 0 bridgehead atoms. The van der Waals surface area contributed by atoms with Crippen molar-refractivity contribution in [1.29, 1.82) is 0 Å².